The summed E-state index contributed by atoms with van der Waals surface area (Å²) >= 11 is 0. The lowest BCUT2D eigenvalue weighted by Gasteiger charge is -2.29. The Bertz CT molecular complexity index is 3180. The second-order valence-electron chi connectivity index (χ2n) is 16.1. The quantitative estimate of drug-likeness (QED) is 0.154. The number of benzene rings is 10. The third kappa shape index (κ3) is 5.39. The molecule has 1 heteroatoms. The van der Waals surface area contributed by atoms with Crippen LogP contribution in [0.2, 0.25) is 0 Å². The van der Waals surface area contributed by atoms with E-state index in [1.807, 2.05) is 0 Å². The summed E-state index contributed by atoms with van der Waals surface area (Å²) in [4.78, 5) is 2.46. The molecular weight excluding hydrogens is 699 g/mol. The Morgan fingerprint density at radius 3 is 1.71 bits per heavy atom. The van der Waals surface area contributed by atoms with Gasteiger partial charge in [-0.2, -0.15) is 0 Å². The lowest BCUT2D eigenvalue weighted by atomic mass is 9.82. The molecular formula is C57H41N. The van der Waals surface area contributed by atoms with Crippen LogP contribution in [0.4, 0.5) is 17.1 Å². The van der Waals surface area contributed by atoms with Gasteiger partial charge in [-0.15, -0.1) is 0 Å². The maximum Gasteiger partial charge on any atom is 0.0540 e. The second kappa shape index (κ2) is 13.5. The molecule has 274 valence electrons. The molecule has 10 aromatic rings. The number of hydrogen-bond acceptors (Lipinski definition) is 1. The van der Waals surface area contributed by atoms with Gasteiger partial charge in [0.1, 0.15) is 0 Å². The summed E-state index contributed by atoms with van der Waals surface area (Å²) in [5.41, 5.74) is 16.0. The first-order valence-electron chi connectivity index (χ1n) is 20.3. The van der Waals surface area contributed by atoms with Gasteiger partial charge in [0.15, 0.2) is 0 Å². The molecule has 0 fully saturated rings. The Morgan fingerprint density at radius 1 is 0.345 bits per heavy atom. The summed E-state index contributed by atoms with van der Waals surface area (Å²) in [5.74, 6) is 0. The van der Waals surface area contributed by atoms with E-state index >= 15 is 0 Å². The van der Waals surface area contributed by atoms with Crippen LogP contribution in [0.5, 0.6) is 0 Å². The van der Waals surface area contributed by atoms with Crippen LogP contribution in [-0.4, -0.2) is 0 Å². The Morgan fingerprint density at radius 2 is 0.897 bits per heavy atom. The minimum Gasteiger partial charge on any atom is -0.310 e. The van der Waals surface area contributed by atoms with Gasteiger partial charge in [0, 0.05) is 22.4 Å². The van der Waals surface area contributed by atoms with Crippen molar-refractivity contribution >= 4 is 49.4 Å². The SMILES string of the molecule is CC1(C)c2ccccc2-c2c(-c3ccccc3N(c3ccc(-c4cccc5cccc(-c6ccccc6)c45)cc3)c3ccc4c(ccc5ccccc54)c3)cccc21. The van der Waals surface area contributed by atoms with E-state index in [4.69, 9.17) is 0 Å². The largest absolute Gasteiger partial charge is 0.310 e. The number of para-hydroxylation sites is 1. The van der Waals surface area contributed by atoms with Crippen molar-refractivity contribution in [2.24, 2.45) is 0 Å². The fourth-order valence-electron chi connectivity index (χ4n) is 9.67. The summed E-state index contributed by atoms with van der Waals surface area (Å²) in [7, 11) is 0. The third-order valence-corrected chi connectivity index (χ3v) is 12.5. The Hall–Kier alpha value is -7.22. The second-order valence-corrected chi connectivity index (χ2v) is 16.1. The van der Waals surface area contributed by atoms with Crippen molar-refractivity contribution in [3.63, 3.8) is 0 Å². The highest BCUT2D eigenvalue weighted by atomic mass is 15.1. The van der Waals surface area contributed by atoms with Crippen LogP contribution < -0.4 is 4.90 Å². The van der Waals surface area contributed by atoms with Crippen LogP contribution in [0, 0.1) is 0 Å². The normalized spacial score (nSPS) is 12.8. The maximum absolute atomic E-state index is 2.46. The minimum atomic E-state index is -0.0878. The first kappa shape index (κ1) is 34.1. The highest BCUT2D eigenvalue weighted by molar-refractivity contribution is 6.09. The first-order chi connectivity index (χ1) is 28.5. The zero-order valence-electron chi connectivity index (χ0n) is 32.7. The average Bonchev–Trinajstić information content (AvgIpc) is 3.52. The molecule has 0 N–H and O–H groups in total. The van der Waals surface area contributed by atoms with E-state index in [0.717, 1.165) is 17.1 Å². The Balaban J connectivity index is 1.11. The van der Waals surface area contributed by atoms with Crippen molar-refractivity contribution in [1.82, 2.24) is 0 Å². The van der Waals surface area contributed by atoms with Gasteiger partial charge < -0.3 is 4.90 Å². The van der Waals surface area contributed by atoms with Crippen LogP contribution in [0.15, 0.2) is 212 Å². The molecule has 10 aromatic carbocycles. The predicted molar refractivity (Wildman–Crippen MR) is 248 cm³/mol. The molecule has 1 aliphatic carbocycles. The van der Waals surface area contributed by atoms with Gasteiger partial charge in [0.05, 0.1) is 5.69 Å². The number of hydrogen-bond donors (Lipinski definition) is 0. The van der Waals surface area contributed by atoms with E-state index in [1.54, 1.807) is 0 Å². The van der Waals surface area contributed by atoms with Gasteiger partial charge in [-0.05, 0) is 113 Å². The minimum absolute atomic E-state index is 0.0878. The summed E-state index contributed by atoms with van der Waals surface area (Å²) in [6.45, 7) is 4.72. The van der Waals surface area contributed by atoms with Crippen molar-refractivity contribution in [3.05, 3.63) is 223 Å². The van der Waals surface area contributed by atoms with Crippen molar-refractivity contribution in [2.75, 3.05) is 4.90 Å². The van der Waals surface area contributed by atoms with Gasteiger partial charge in [-0.25, -0.2) is 0 Å². The lowest BCUT2D eigenvalue weighted by molar-refractivity contribution is 0.660. The summed E-state index contributed by atoms with van der Waals surface area (Å²) in [5, 5.41) is 7.52. The topological polar surface area (TPSA) is 3.24 Å². The van der Waals surface area contributed by atoms with E-state index in [-0.39, 0.29) is 5.41 Å². The number of anilines is 3. The summed E-state index contributed by atoms with van der Waals surface area (Å²) in [6, 6.07) is 78.2. The van der Waals surface area contributed by atoms with Crippen molar-refractivity contribution in [3.8, 4) is 44.5 Å². The van der Waals surface area contributed by atoms with Crippen LogP contribution >= 0.6 is 0 Å². The van der Waals surface area contributed by atoms with Crippen molar-refractivity contribution in [1.29, 1.82) is 0 Å². The lowest BCUT2D eigenvalue weighted by Crippen LogP contribution is -2.14. The molecule has 0 saturated carbocycles. The smallest absolute Gasteiger partial charge is 0.0540 e. The maximum atomic E-state index is 2.46. The molecule has 58 heavy (non-hydrogen) atoms. The zero-order chi connectivity index (χ0) is 38.8. The molecule has 0 spiro atoms. The number of rotatable bonds is 6. The van der Waals surface area contributed by atoms with Gasteiger partial charge in [-0.1, -0.05) is 196 Å². The van der Waals surface area contributed by atoms with Crippen LogP contribution in [0.3, 0.4) is 0 Å². The van der Waals surface area contributed by atoms with Crippen LogP contribution in [0.25, 0.3) is 76.8 Å². The molecule has 11 rings (SSSR count). The van der Waals surface area contributed by atoms with Crippen LogP contribution in [0.1, 0.15) is 25.0 Å². The molecule has 0 radical (unpaired) electrons. The van der Waals surface area contributed by atoms with Gasteiger partial charge >= 0.3 is 0 Å². The van der Waals surface area contributed by atoms with E-state index in [2.05, 4.69) is 231 Å². The predicted octanol–water partition coefficient (Wildman–Crippen LogP) is 15.9. The molecule has 0 unspecified atom stereocenters. The molecule has 0 aromatic heterocycles. The summed E-state index contributed by atoms with van der Waals surface area (Å²) < 4.78 is 0. The monoisotopic (exact) mass is 739 g/mol. The number of nitrogens with zero attached hydrogens (tertiary/aromatic N) is 1. The third-order valence-electron chi connectivity index (χ3n) is 12.5. The van der Waals surface area contributed by atoms with E-state index in [9.17, 15) is 0 Å². The van der Waals surface area contributed by atoms with Gasteiger partial charge in [0.2, 0.25) is 0 Å². The molecule has 1 nitrogen and oxygen atoms in total. The average molecular weight is 740 g/mol. The molecule has 0 atom stereocenters. The van der Waals surface area contributed by atoms with E-state index in [1.165, 1.54) is 88.0 Å². The fourth-order valence-corrected chi connectivity index (χ4v) is 9.67. The molecule has 1 aliphatic rings. The molecule has 0 heterocycles. The van der Waals surface area contributed by atoms with Crippen LogP contribution in [-0.2, 0) is 5.41 Å². The molecule has 0 saturated heterocycles. The molecule has 0 aliphatic heterocycles. The fraction of sp³-hybridized carbons (Fsp3) is 0.0526. The highest BCUT2D eigenvalue weighted by Crippen LogP contribution is 2.54. The summed E-state index contributed by atoms with van der Waals surface area (Å²) in [6.07, 6.45) is 0. The zero-order valence-corrected chi connectivity index (χ0v) is 32.7. The van der Waals surface area contributed by atoms with E-state index < -0.39 is 0 Å². The Labute approximate surface area is 340 Å². The van der Waals surface area contributed by atoms with Crippen molar-refractivity contribution in [2.45, 2.75) is 19.3 Å². The number of fused-ring (bicyclic) bond motifs is 7. The first-order valence-corrected chi connectivity index (χ1v) is 20.3. The standard InChI is InChI=1S/C57H41N/c1-57(2)52-26-10-8-22-51(52)56-50(25-14-27-53(56)57)49-21-9-11-28-54(49)58(44-35-36-46-42(37-44)30-29-39-17-6-7-20-45(39)46)43-33-31-40(32-34-43)48-24-13-19-41-18-12-23-47(55(41)48)38-15-4-3-5-16-38/h3-37H,1-2H3. The molecule has 0 amide bonds. The van der Waals surface area contributed by atoms with E-state index in [0.29, 0.717) is 0 Å². The van der Waals surface area contributed by atoms with Gasteiger partial charge in [-0.3, -0.25) is 0 Å². The Kier molecular flexibility index (Phi) is 7.91. The highest BCUT2D eigenvalue weighted by Gasteiger charge is 2.37. The van der Waals surface area contributed by atoms with Gasteiger partial charge in [0.25, 0.3) is 0 Å². The van der Waals surface area contributed by atoms with Crippen molar-refractivity contribution < 1.29 is 0 Å². The molecule has 0 bridgehead atoms.